The van der Waals surface area contributed by atoms with Gasteiger partial charge in [0.05, 0.1) is 6.61 Å². The van der Waals surface area contributed by atoms with Crippen LogP contribution in [0, 0.1) is 0 Å². The van der Waals surface area contributed by atoms with Gasteiger partial charge < -0.3 is 4.74 Å². The number of carbonyl (C=O) groups is 1. The van der Waals surface area contributed by atoms with Gasteiger partial charge in [0.2, 0.25) is 0 Å². The van der Waals surface area contributed by atoms with E-state index in [1.54, 1.807) is 0 Å². The first-order valence-electron chi connectivity index (χ1n) is 5.71. The highest BCUT2D eigenvalue weighted by molar-refractivity contribution is 5.79. The summed E-state index contributed by atoms with van der Waals surface area (Å²) in [6, 6.07) is 10.5. The van der Waals surface area contributed by atoms with Crippen molar-refractivity contribution in [3.63, 3.8) is 0 Å². The van der Waals surface area contributed by atoms with Gasteiger partial charge in [0.25, 0.3) is 0 Å². The van der Waals surface area contributed by atoms with Crippen molar-refractivity contribution in [1.82, 2.24) is 4.90 Å². The molecule has 1 aromatic carbocycles. The minimum Gasteiger partial charge on any atom is -0.465 e. The van der Waals surface area contributed by atoms with Crippen LogP contribution in [0.3, 0.4) is 0 Å². The van der Waals surface area contributed by atoms with E-state index in [1.807, 2.05) is 25.1 Å². The van der Waals surface area contributed by atoms with Gasteiger partial charge in [-0.3, -0.25) is 9.69 Å². The van der Waals surface area contributed by atoms with Crippen LogP contribution in [-0.2, 0) is 9.53 Å². The van der Waals surface area contributed by atoms with E-state index in [1.165, 1.54) is 5.56 Å². The van der Waals surface area contributed by atoms with Crippen molar-refractivity contribution in [2.24, 2.45) is 0 Å². The summed E-state index contributed by atoms with van der Waals surface area (Å²) in [4.78, 5) is 13.6. The summed E-state index contributed by atoms with van der Waals surface area (Å²) < 4.78 is 5.00. The largest absolute Gasteiger partial charge is 0.465 e. The van der Waals surface area contributed by atoms with E-state index < -0.39 is 0 Å². The highest BCUT2D eigenvalue weighted by Crippen LogP contribution is 2.32. The Morgan fingerprint density at radius 3 is 2.81 bits per heavy atom. The van der Waals surface area contributed by atoms with E-state index in [-0.39, 0.29) is 18.1 Å². The Bertz CT molecular complexity index is 363. The first-order chi connectivity index (χ1) is 7.74. The minimum atomic E-state index is -0.0923. The van der Waals surface area contributed by atoms with Crippen molar-refractivity contribution in [3.05, 3.63) is 35.9 Å². The van der Waals surface area contributed by atoms with Crippen LogP contribution < -0.4 is 0 Å². The molecule has 86 valence electrons. The number of rotatable bonds is 4. The number of esters is 1. The van der Waals surface area contributed by atoms with E-state index in [0.29, 0.717) is 6.61 Å². The maximum atomic E-state index is 11.5. The van der Waals surface area contributed by atoms with Gasteiger partial charge in [0.1, 0.15) is 6.04 Å². The zero-order valence-electron chi connectivity index (χ0n) is 9.72. The Morgan fingerprint density at radius 2 is 2.19 bits per heavy atom. The number of hydrogen-bond donors (Lipinski definition) is 0. The molecule has 1 fully saturated rings. The van der Waals surface area contributed by atoms with Gasteiger partial charge in [0, 0.05) is 12.6 Å². The molecule has 1 aliphatic rings. The number of ether oxygens (including phenoxy) is 1. The fourth-order valence-corrected chi connectivity index (χ4v) is 1.95. The van der Waals surface area contributed by atoms with Crippen LogP contribution in [0.2, 0.25) is 0 Å². The van der Waals surface area contributed by atoms with Gasteiger partial charge in [-0.05, 0) is 19.4 Å². The molecular formula is C13H17NO2. The van der Waals surface area contributed by atoms with Crippen molar-refractivity contribution < 1.29 is 9.53 Å². The van der Waals surface area contributed by atoms with Gasteiger partial charge in [0.15, 0.2) is 0 Å². The number of nitrogens with zero attached hydrogens (tertiary/aromatic N) is 1. The second kappa shape index (κ2) is 4.66. The molecular weight excluding hydrogens is 202 g/mol. The van der Waals surface area contributed by atoms with Gasteiger partial charge >= 0.3 is 5.97 Å². The lowest BCUT2D eigenvalue weighted by Gasteiger charge is -2.13. The lowest BCUT2D eigenvalue weighted by molar-refractivity contribution is -0.143. The molecule has 3 atom stereocenters. The molecule has 0 radical (unpaired) electrons. The number of benzene rings is 1. The Labute approximate surface area is 96.0 Å². The first kappa shape index (κ1) is 11.1. The topological polar surface area (TPSA) is 29.3 Å². The second-order valence-corrected chi connectivity index (χ2v) is 4.05. The van der Waals surface area contributed by atoms with Crippen molar-refractivity contribution >= 4 is 5.97 Å². The molecule has 0 amide bonds. The zero-order valence-corrected chi connectivity index (χ0v) is 9.72. The quantitative estimate of drug-likeness (QED) is 0.573. The maximum Gasteiger partial charge on any atom is 0.324 e. The Kier molecular flexibility index (Phi) is 3.25. The molecule has 1 aromatic rings. The summed E-state index contributed by atoms with van der Waals surface area (Å²) in [6.07, 6.45) is 0. The van der Waals surface area contributed by atoms with E-state index in [9.17, 15) is 4.79 Å². The number of carbonyl (C=O) groups excluding carboxylic acids is 1. The van der Waals surface area contributed by atoms with Crippen molar-refractivity contribution in [2.75, 3.05) is 13.2 Å². The first-order valence-corrected chi connectivity index (χ1v) is 5.71. The monoisotopic (exact) mass is 219 g/mol. The Balaban J connectivity index is 1.94. The molecule has 16 heavy (non-hydrogen) atoms. The van der Waals surface area contributed by atoms with E-state index >= 15 is 0 Å². The molecule has 0 aromatic heterocycles. The standard InChI is InChI=1S/C13H17NO2/c1-3-16-13(15)12-9-14(12)10(2)11-7-5-4-6-8-11/h4-8,10,12H,3,9H2,1-2H3. The molecule has 1 heterocycles. The van der Waals surface area contributed by atoms with E-state index in [4.69, 9.17) is 4.74 Å². The molecule has 3 heteroatoms. The predicted molar refractivity (Wildman–Crippen MR) is 62.0 cm³/mol. The highest BCUT2D eigenvalue weighted by atomic mass is 16.5. The lowest BCUT2D eigenvalue weighted by Crippen LogP contribution is -2.18. The summed E-state index contributed by atoms with van der Waals surface area (Å²) in [5.74, 6) is -0.0923. The Morgan fingerprint density at radius 1 is 1.50 bits per heavy atom. The van der Waals surface area contributed by atoms with Crippen LogP contribution >= 0.6 is 0 Å². The average molecular weight is 219 g/mol. The van der Waals surface area contributed by atoms with Crippen LogP contribution in [-0.4, -0.2) is 30.1 Å². The van der Waals surface area contributed by atoms with Gasteiger partial charge in [-0.15, -0.1) is 0 Å². The molecule has 0 bridgehead atoms. The van der Waals surface area contributed by atoms with Crippen molar-refractivity contribution in [1.29, 1.82) is 0 Å². The molecule has 1 aliphatic heterocycles. The van der Waals surface area contributed by atoms with Crippen LogP contribution in [0.1, 0.15) is 25.5 Å². The molecule has 0 N–H and O–H groups in total. The highest BCUT2D eigenvalue weighted by Gasteiger charge is 2.44. The smallest absolute Gasteiger partial charge is 0.324 e. The van der Waals surface area contributed by atoms with Crippen molar-refractivity contribution in [2.45, 2.75) is 25.9 Å². The molecule has 0 saturated carbocycles. The predicted octanol–water partition coefficient (Wildman–Crippen LogP) is 1.99. The normalized spacial score (nSPS) is 24.9. The van der Waals surface area contributed by atoms with Gasteiger partial charge in [-0.2, -0.15) is 0 Å². The second-order valence-electron chi connectivity index (χ2n) is 4.05. The molecule has 0 aliphatic carbocycles. The molecule has 1 saturated heterocycles. The maximum absolute atomic E-state index is 11.5. The third-order valence-electron chi connectivity index (χ3n) is 2.99. The molecule has 3 nitrogen and oxygen atoms in total. The molecule has 2 rings (SSSR count). The SMILES string of the molecule is CCOC(=O)C1CN1C(C)c1ccccc1. The molecule has 3 unspecified atom stereocenters. The van der Waals surface area contributed by atoms with E-state index in [2.05, 4.69) is 24.0 Å². The van der Waals surface area contributed by atoms with Crippen molar-refractivity contribution in [3.8, 4) is 0 Å². The lowest BCUT2D eigenvalue weighted by atomic mass is 10.1. The fraction of sp³-hybridized carbons (Fsp3) is 0.462. The zero-order chi connectivity index (χ0) is 11.5. The summed E-state index contributed by atoms with van der Waals surface area (Å²) in [5.41, 5.74) is 1.24. The summed E-state index contributed by atoms with van der Waals surface area (Å²) in [5, 5.41) is 0. The third kappa shape index (κ3) is 2.25. The number of hydrogen-bond acceptors (Lipinski definition) is 3. The van der Waals surface area contributed by atoms with E-state index in [0.717, 1.165) is 6.54 Å². The van der Waals surface area contributed by atoms with Gasteiger partial charge in [-0.25, -0.2) is 0 Å². The average Bonchev–Trinajstić information content (AvgIpc) is 3.09. The summed E-state index contributed by atoms with van der Waals surface area (Å²) >= 11 is 0. The van der Waals surface area contributed by atoms with Crippen LogP contribution in [0.25, 0.3) is 0 Å². The minimum absolute atomic E-state index is 0.0323. The Hall–Kier alpha value is -1.35. The van der Waals surface area contributed by atoms with Crippen LogP contribution in [0.5, 0.6) is 0 Å². The fourth-order valence-electron chi connectivity index (χ4n) is 1.95. The van der Waals surface area contributed by atoms with Gasteiger partial charge in [-0.1, -0.05) is 30.3 Å². The summed E-state index contributed by atoms with van der Waals surface area (Å²) in [7, 11) is 0. The third-order valence-corrected chi connectivity index (χ3v) is 2.99. The molecule has 0 spiro atoms. The van der Waals surface area contributed by atoms with Crippen LogP contribution in [0.4, 0.5) is 0 Å². The summed E-state index contributed by atoms with van der Waals surface area (Å²) in [6.45, 7) is 5.23. The van der Waals surface area contributed by atoms with Crippen LogP contribution in [0.15, 0.2) is 30.3 Å².